The number of rotatable bonds is 1. The Labute approximate surface area is 169 Å². The zero-order valence-corrected chi connectivity index (χ0v) is 16.1. The van der Waals surface area contributed by atoms with E-state index >= 15 is 0 Å². The van der Waals surface area contributed by atoms with Gasteiger partial charge in [0.1, 0.15) is 0 Å². The summed E-state index contributed by atoms with van der Waals surface area (Å²) < 4.78 is 0. The Kier molecular flexibility index (Phi) is 4.12. The van der Waals surface area contributed by atoms with Gasteiger partial charge in [0.2, 0.25) is 0 Å². The highest BCUT2D eigenvalue weighted by Crippen LogP contribution is 2.32. The van der Waals surface area contributed by atoms with E-state index in [0.717, 1.165) is 11.1 Å². The molecule has 0 aliphatic carbocycles. The minimum atomic E-state index is 0.0677. The molecular weight excluding hydrogens is 352 g/mol. The number of Topliss-reactive ketones (excluding diaryl/α,β-unsaturated/α-hetero) is 1. The molecule has 0 fully saturated rings. The van der Waals surface area contributed by atoms with Gasteiger partial charge in [-0.05, 0) is 63.5 Å². The van der Waals surface area contributed by atoms with Crippen molar-refractivity contribution in [1.29, 1.82) is 0 Å². The summed E-state index contributed by atoms with van der Waals surface area (Å²) in [6.45, 7) is 1.57. The Morgan fingerprint density at radius 2 is 1.21 bits per heavy atom. The molecule has 5 aromatic carbocycles. The van der Waals surface area contributed by atoms with Crippen LogP contribution in [0.2, 0.25) is 0 Å². The monoisotopic (exact) mass is 370 g/mol. The summed E-state index contributed by atoms with van der Waals surface area (Å²) in [5, 5.41) is 7.45. The second-order valence-electron chi connectivity index (χ2n) is 7.27. The van der Waals surface area contributed by atoms with Crippen molar-refractivity contribution in [3.8, 4) is 11.8 Å². The van der Waals surface area contributed by atoms with Gasteiger partial charge in [0, 0.05) is 16.7 Å². The molecule has 5 rings (SSSR count). The van der Waals surface area contributed by atoms with Crippen LogP contribution in [-0.2, 0) is 0 Å². The molecule has 1 nitrogen and oxygen atoms in total. The average molecular weight is 370 g/mol. The highest BCUT2D eigenvalue weighted by atomic mass is 16.1. The van der Waals surface area contributed by atoms with Gasteiger partial charge in [0.15, 0.2) is 5.78 Å². The van der Waals surface area contributed by atoms with Crippen LogP contribution in [0.15, 0.2) is 91.0 Å². The lowest BCUT2D eigenvalue weighted by molar-refractivity contribution is 0.101. The Bertz CT molecular complexity index is 1460. The fraction of sp³-hybridized carbons (Fsp3) is 0.0357. The van der Waals surface area contributed by atoms with Crippen molar-refractivity contribution in [2.75, 3.05) is 0 Å². The number of carbonyl (C=O) groups is 1. The summed E-state index contributed by atoms with van der Waals surface area (Å²) in [6, 6.07) is 31.1. The lowest BCUT2D eigenvalue weighted by atomic mass is 9.95. The van der Waals surface area contributed by atoms with Crippen LogP contribution in [0.5, 0.6) is 0 Å². The van der Waals surface area contributed by atoms with Gasteiger partial charge in [-0.3, -0.25) is 4.79 Å². The molecule has 0 unspecified atom stereocenters. The minimum absolute atomic E-state index is 0.0677. The van der Waals surface area contributed by atoms with Crippen molar-refractivity contribution in [3.63, 3.8) is 0 Å². The first-order valence-corrected chi connectivity index (χ1v) is 9.66. The van der Waals surface area contributed by atoms with Gasteiger partial charge in [0.25, 0.3) is 0 Å². The van der Waals surface area contributed by atoms with Gasteiger partial charge < -0.3 is 0 Å². The Balaban J connectivity index is 1.66. The van der Waals surface area contributed by atoms with Crippen LogP contribution in [0.4, 0.5) is 0 Å². The molecule has 1 heteroatoms. The van der Waals surface area contributed by atoms with Gasteiger partial charge in [-0.25, -0.2) is 0 Å². The van der Waals surface area contributed by atoms with E-state index in [1.807, 2.05) is 24.3 Å². The molecule has 0 aliphatic rings. The highest BCUT2D eigenvalue weighted by Gasteiger charge is 2.05. The normalized spacial score (nSPS) is 10.8. The fourth-order valence-corrected chi connectivity index (χ4v) is 3.84. The number of fused-ring (bicyclic) bond motifs is 5. The maximum atomic E-state index is 11.4. The van der Waals surface area contributed by atoms with E-state index < -0.39 is 0 Å². The van der Waals surface area contributed by atoms with Crippen LogP contribution in [0.3, 0.4) is 0 Å². The topological polar surface area (TPSA) is 17.1 Å². The molecule has 0 atom stereocenters. The summed E-state index contributed by atoms with van der Waals surface area (Å²) in [5.74, 6) is 6.56. The van der Waals surface area contributed by atoms with Crippen molar-refractivity contribution in [2.24, 2.45) is 0 Å². The Hall–Kier alpha value is -3.89. The van der Waals surface area contributed by atoms with Crippen molar-refractivity contribution in [2.45, 2.75) is 6.92 Å². The van der Waals surface area contributed by atoms with Gasteiger partial charge in [0.05, 0.1) is 0 Å². The van der Waals surface area contributed by atoms with E-state index in [2.05, 4.69) is 78.6 Å². The van der Waals surface area contributed by atoms with Crippen LogP contribution < -0.4 is 0 Å². The Morgan fingerprint density at radius 3 is 1.97 bits per heavy atom. The predicted octanol–water partition coefficient (Wildman–Crippen LogP) is 6.75. The van der Waals surface area contributed by atoms with Gasteiger partial charge in [-0.2, -0.15) is 0 Å². The summed E-state index contributed by atoms with van der Waals surface area (Å²) in [4.78, 5) is 11.4. The first kappa shape index (κ1) is 17.2. The predicted molar refractivity (Wildman–Crippen MR) is 121 cm³/mol. The Morgan fingerprint density at radius 1 is 0.621 bits per heavy atom. The standard InChI is InChI=1S/C28H18O/c1-19(29)22-11-8-20(9-12-22)6-7-21-10-13-24-15-17-25-16-14-23-4-2-3-5-26(23)28(25)27(24)18-21/h2-5,8-18H,1H3. The molecule has 0 aliphatic heterocycles. The lowest BCUT2D eigenvalue weighted by Gasteiger charge is -2.08. The SMILES string of the molecule is CC(=O)c1ccc(C#Cc2ccc3ccc4ccc5ccccc5c4c3c2)cc1. The minimum Gasteiger partial charge on any atom is -0.295 e. The third-order valence-electron chi connectivity index (χ3n) is 5.37. The molecule has 0 aromatic heterocycles. The summed E-state index contributed by atoms with van der Waals surface area (Å²) in [5.41, 5.74) is 2.59. The third kappa shape index (κ3) is 3.16. The molecule has 5 aromatic rings. The number of hydrogen-bond acceptors (Lipinski definition) is 1. The largest absolute Gasteiger partial charge is 0.295 e. The second kappa shape index (κ2) is 6.93. The molecular formula is C28H18O. The maximum Gasteiger partial charge on any atom is 0.159 e. The zero-order chi connectivity index (χ0) is 19.8. The van der Waals surface area contributed by atoms with Crippen LogP contribution >= 0.6 is 0 Å². The molecule has 0 radical (unpaired) electrons. The number of hydrogen-bond donors (Lipinski definition) is 0. The van der Waals surface area contributed by atoms with E-state index in [9.17, 15) is 4.79 Å². The van der Waals surface area contributed by atoms with E-state index in [1.165, 1.54) is 32.3 Å². The van der Waals surface area contributed by atoms with E-state index in [4.69, 9.17) is 0 Å². The van der Waals surface area contributed by atoms with Crippen LogP contribution in [-0.4, -0.2) is 5.78 Å². The first-order valence-electron chi connectivity index (χ1n) is 9.66. The highest BCUT2D eigenvalue weighted by molar-refractivity contribution is 6.20. The van der Waals surface area contributed by atoms with Crippen LogP contribution in [0, 0.1) is 11.8 Å². The summed E-state index contributed by atoms with van der Waals surface area (Å²) >= 11 is 0. The third-order valence-corrected chi connectivity index (χ3v) is 5.37. The van der Waals surface area contributed by atoms with E-state index in [1.54, 1.807) is 6.92 Å². The molecule has 0 saturated heterocycles. The van der Waals surface area contributed by atoms with Gasteiger partial charge in [-0.15, -0.1) is 0 Å². The quantitative estimate of drug-likeness (QED) is 0.181. The molecule has 0 spiro atoms. The molecule has 0 saturated carbocycles. The van der Waals surface area contributed by atoms with Crippen LogP contribution in [0.1, 0.15) is 28.4 Å². The lowest BCUT2D eigenvalue weighted by Crippen LogP contribution is -1.90. The van der Waals surface area contributed by atoms with Crippen molar-refractivity contribution in [1.82, 2.24) is 0 Å². The maximum absolute atomic E-state index is 11.4. The van der Waals surface area contributed by atoms with E-state index in [-0.39, 0.29) is 5.78 Å². The van der Waals surface area contributed by atoms with Gasteiger partial charge >= 0.3 is 0 Å². The summed E-state index contributed by atoms with van der Waals surface area (Å²) in [6.07, 6.45) is 0. The first-order chi connectivity index (χ1) is 14.2. The van der Waals surface area contributed by atoms with Crippen LogP contribution in [0.25, 0.3) is 32.3 Å². The fourth-order valence-electron chi connectivity index (χ4n) is 3.84. The molecule has 136 valence electrons. The van der Waals surface area contributed by atoms with E-state index in [0.29, 0.717) is 5.56 Å². The zero-order valence-electron chi connectivity index (χ0n) is 16.1. The number of carbonyl (C=O) groups excluding carboxylic acids is 1. The number of ketones is 1. The average Bonchev–Trinajstić information content (AvgIpc) is 2.77. The molecule has 0 N–H and O–H groups in total. The molecule has 0 heterocycles. The number of benzene rings is 5. The molecule has 0 bridgehead atoms. The van der Waals surface area contributed by atoms with Crippen molar-refractivity contribution in [3.05, 3.63) is 108 Å². The van der Waals surface area contributed by atoms with Gasteiger partial charge in [-0.1, -0.05) is 78.6 Å². The summed E-state index contributed by atoms with van der Waals surface area (Å²) in [7, 11) is 0. The molecule has 29 heavy (non-hydrogen) atoms. The van der Waals surface area contributed by atoms with Crippen molar-refractivity contribution >= 4 is 38.1 Å². The molecule has 0 amide bonds. The second-order valence-corrected chi connectivity index (χ2v) is 7.27. The smallest absolute Gasteiger partial charge is 0.159 e. The van der Waals surface area contributed by atoms with Crippen molar-refractivity contribution < 1.29 is 4.79 Å².